The molecule has 0 radical (unpaired) electrons. The Morgan fingerprint density at radius 2 is 2.07 bits per heavy atom. The largest absolute Gasteiger partial charge is 0.353 e. The lowest BCUT2D eigenvalue weighted by atomic mass is 10.4. The van der Waals surface area contributed by atoms with E-state index in [1.165, 1.54) is 23.9 Å². The maximum absolute atomic E-state index is 12.6. The lowest BCUT2D eigenvalue weighted by molar-refractivity contribution is -0.118. The van der Waals surface area contributed by atoms with Gasteiger partial charge in [0.05, 0.1) is 5.75 Å². The molecule has 0 bridgehead atoms. The molecule has 0 saturated heterocycles. The summed E-state index contributed by atoms with van der Waals surface area (Å²) < 4.78 is 12.6. The summed E-state index contributed by atoms with van der Waals surface area (Å²) in [6.45, 7) is 0. The summed E-state index contributed by atoms with van der Waals surface area (Å²) in [6, 6.07) is 6.59. The highest BCUT2D eigenvalue weighted by molar-refractivity contribution is 8.00. The minimum atomic E-state index is -0.248. The Morgan fingerprint density at radius 3 is 2.67 bits per heavy atom. The summed E-state index contributed by atoms with van der Waals surface area (Å²) in [5.74, 6) is 0.218. The number of nitrogens with one attached hydrogen (secondary N) is 1. The Balaban J connectivity index is 1.76. The van der Waals surface area contributed by atoms with E-state index in [0.29, 0.717) is 11.8 Å². The average molecular weight is 225 g/mol. The number of hydrogen-bond acceptors (Lipinski definition) is 2. The highest BCUT2D eigenvalue weighted by Gasteiger charge is 2.22. The van der Waals surface area contributed by atoms with Gasteiger partial charge in [-0.05, 0) is 37.1 Å². The van der Waals surface area contributed by atoms with E-state index in [2.05, 4.69) is 5.32 Å². The van der Waals surface area contributed by atoms with Gasteiger partial charge < -0.3 is 5.32 Å². The molecule has 1 aromatic carbocycles. The minimum Gasteiger partial charge on any atom is -0.353 e. The van der Waals surface area contributed by atoms with Gasteiger partial charge in [0.1, 0.15) is 5.82 Å². The van der Waals surface area contributed by atoms with Crippen LogP contribution in [0.4, 0.5) is 4.39 Å². The van der Waals surface area contributed by atoms with E-state index in [1.807, 2.05) is 0 Å². The molecule has 1 saturated carbocycles. The van der Waals surface area contributed by atoms with Crippen LogP contribution in [0.3, 0.4) is 0 Å². The van der Waals surface area contributed by atoms with Crippen LogP contribution in [0.2, 0.25) is 0 Å². The SMILES string of the molecule is O=C(CSc1ccc(F)cc1)NC1CC1. The van der Waals surface area contributed by atoms with Gasteiger partial charge in [-0.2, -0.15) is 0 Å². The van der Waals surface area contributed by atoms with Gasteiger partial charge in [0, 0.05) is 10.9 Å². The predicted molar refractivity (Wildman–Crippen MR) is 58.3 cm³/mol. The van der Waals surface area contributed by atoms with Crippen molar-refractivity contribution < 1.29 is 9.18 Å². The molecule has 2 rings (SSSR count). The molecule has 1 aliphatic carbocycles. The van der Waals surface area contributed by atoms with Crippen LogP contribution in [0.1, 0.15) is 12.8 Å². The molecule has 0 atom stereocenters. The molecule has 0 aromatic heterocycles. The predicted octanol–water partition coefficient (Wildman–Crippen LogP) is 2.20. The summed E-state index contributed by atoms with van der Waals surface area (Å²) in [4.78, 5) is 12.2. The summed E-state index contributed by atoms with van der Waals surface area (Å²) in [6.07, 6.45) is 2.21. The molecule has 80 valence electrons. The van der Waals surface area contributed by atoms with Gasteiger partial charge in [0.15, 0.2) is 0 Å². The first kappa shape index (κ1) is 10.5. The van der Waals surface area contributed by atoms with Gasteiger partial charge >= 0.3 is 0 Å². The fraction of sp³-hybridized carbons (Fsp3) is 0.364. The molecule has 0 heterocycles. The Labute approximate surface area is 92.3 Å². The molecule has 0 unspecified atom stereocenters. The van der Waals surface area contributed by atoms with Gasteiger partial charge in [-0.3, -0.25) is 4.79 Å². The molecule has 0 spiro atoms. The second-order valence-corrected chi connectivity index (χ2v) is 4.63. The second-order valence-electron chi connectivity index (χ2n) is 3.58. The summed E-state index contributed by atoms with van der Waals surface area (Å²) >= 11 is 1.43. The highest BCUT2D eigenvalue weighted by Crippen LogP contribution is 2.20. The standard InChI is InChI=1S/C11H12FNOS/c12-8-1-5-10(6-2-8)15-7-11(14)13-9-3-4-9/h1-2,5-6,9H,3-4,7H2,(H,13,14). The molecule has 1 aromatic rings. The molecule has 1 fully saturated rings. The van der Waals surface area contributed by atoms with Gasteiger partial charge in [-0.15, -0.1) is 11.8 Å². The number of carbonyl (C=O) groups is 1. The van der Waals surface area contributed by atoms with E-state index >= 15 is 0 Å². The topological polar surface area (TPSA) is 29.1 Å². The van der Waals surface area contributed by atoms with Crippen LogP contribution in [0.5, 0.6) is 0 Å². The van der Waals surface area contributed by atoms with E-state index in [-0.39, 0.29) is 11.7 Å². The van der Waals surface area contributed by atoms with E-state index < -0.39 is 0 Å². The van der Waals surface area contributed by atoms with Crippen molar-refractivity contribution in [1.82, 2.24) is 5.32 Å². The number of carbonyl (C=O) groups excluding carboxylic acids is 1. The zero-order valence-corrected chi connectivity index (χ0v) is 9.02. The van der Waals surface area contributed by atoms with Crippen LogP contribution in [0.25, 0.3) is 0 Å². The molecule has 15 heavy (non-hydrogen) atoms. The maximum atomic E-state index is 12.6. The van der Waals surface area contributed by atoms with Crippen LogP contribution in [0, 0.1) is 5.82 Å². The number of amides is 1. The number of hydrogen-bond donors (Lipinski definition) is 1. The fourth-order valence-electron chi connectivity index (χ4n) is 1.18. The normalized spacial score (nSPS) is 15.0. The van der Waals surface area contributed by atoms with Crippen molar-refractivity contribution in [3.8, 4) is 0 Å². The third kappa shape index (κ3) is 3.55. The monoisotopic (exact) mass is 225 g/mol. The fourth-order valence-corrected chi connectivity index (χ4v) is 1.89. The molecule has 0 aliphatic heterocycles. The first-order chi connectivity index (χ1) is 7.24. The Bertz CT molecular complexity index is 348. The third-order valence-corrected chi connectivity index (χ3v) is 3.14. The smallest absolute Gasteiger partial charge is 0.230 e. The van der Waals surface area contributed by atoms with Crippen molar-refractivity contribution in [3.63, 3.8) is 0 Å². The van der Waals surface area contributed by atoms with Crippen molar-refractivity contribution in [3.05, 3.63) is 30.1 Å². The number of thioether (sulfide) groups is 1. The van der Waals surface area contributed by atoms with E-state index in [1.54, 1.807) is 12.1 Å². The van der Waals surface area contributed by atoms with E-state index in [9.17, 15) is 9.18 Å². The van der Waals surface area contributed by atoms with Crippen molar-refractivity contribution >= 4 is 17.7 Å². The first-order valence-electron chi connectivity index (χ1n) is 4.92. The van der Waals surface area contributed by atoms with Crippen LogP contribution in [-0.2, 0) is 4.79 Å². The van der Waals surface area contributed by atoms with Gasteiger partial charge in [0.2, 0.25) is 5.91 Å². The quantitative estimate of drug-likeness (QED) is 0.796. The van der Waals surface area contributed by atoms with Crippen LogP contribution in [0.15, 0.2) is 29.2 Å². The molecular formula is C11H12FNOS. The van der Waals surface area contributed by atoms with Gasteiger partial charge in [-0.1, -0.05) is 0 Å². The van der Waals surface area contributed by atoms with E-state index in [0.717, 1.165) is 17.7 Å². The third-order valence-electron chi connectivity index (χ3n) is 2.13. The lowest BCUT2D eigenvalue weighted by Crippen LogP contribution is -2.26. The molecular weight excluding hydrogens is 213 g/mol. The average Bonchev–Trinajstić information content (AvgIpc) is 3.01. The molecule has 4 heteroatoms. The molecule has 1 amide bonds. The highest BCUT2D eigenvalue weighted by atomic mass is 32.2. The van der Waals surface area contributed by atoms with Crippen LogP contribution >= 0.6 is 11.8 Å². The molecule has 2 nitrogen and oxygen atoms in total. The Hall–Kier alpha value is -1.03. The Morgan fingerprint density at radius 1 is 1.40 bits per heavy atom. The van der Waals surface area contributed by atoms with E-state index in [4.69, 9.17) is 0 Å². The Kier molecular flexibility index (Phi) is 3.26. The van der Waals surface area contributed by atoms with Gasteiger partial charge in [-0.25, -0.2) is 4.39 Å². The number of benzene rings is 1. The zero-order valence-electron chi connectivity index (χ0n) is 8.20. The first-order valence-corrected chi connectivity index (χ1v) is 5.90. The second kappa shape index (κ2) is 4.66. The summed E-state index contributed by atoms with van der Waals surface area (Å²) in [7, 11) is 0. The lowest BCUT2D eigenvalue weighted by Gasteiger charge is -2.02. The van der Waals surface area contributed by atoms with Crippen LogP contribution < -0.4 is 5.32 Å². The molecule has 1 aliphatic rings. The van der Waals surface area contributed by atoms with Gasteiger partial charge in [0.25, 0.3) is 0 Å². The van der Waals surface area contributed by atoms with Crippen molar-refractivity contribution in [2.75, 3.05) is 5.75 Å². The number of halogens is 1. The van der Waals surface area contributed by atoms with Crippen molar-refractivity contribution in [1.29, 1.82) is 0 Å². The minimum absolute atomic E-state index is 0.0619. The van der Waals surface area contributed by atoms with Crippen molar-refractivity contribution in [2.24, 2.45) is 0 Å². The van der Waals surface area contributed by atoms with Crippen LogP contribution in [-0.4, -0.2) is 17.7 Å². The van der Waals surface area contributed by atoms with Crippen molar-refractivity contribution in [2.45, 2.75) is 23.8 Å². The maximum Gasteiger partial charge on any atom is 0.230 e. The molecule has 1 N–H and O–H groups in total. The summed E-state index contributed by atoms with van der Waals surface area (Å²) in [5.41, 5.74) is 0. The number of rotatable bonds is 4. The summed E-state index contributed by atoms with van der Waals surface area (Å²) in [5, 5.41) is 2.90. The zero-order chi connectivity index (χ0) is 10.7.